The molecule has 0 unspecified atom stereocenters. The average molecular weight is 344 g/mol. The van der Waals surface area contributed by atoms with Crippen LogP contribution in [0, 0.1) is 0 Å². The molecular formula is C19H28N4O2. The van der Waals surface area contributed by atoms with Crippen molar-refractivity contribution in [2.75, 3.05) is 13.1 Å². The maximum Gasteiger partial charge on any atom is 0.234 e. The number of furan rings is 1. The van der Waals surface area contributed by atoms with Crippen LogP contribution in [0.5, 0.6) is 0 Å². The predicted molar refractivity (Wildman–Crippen MR) is 96.2 cm³/mol. The van der Waals surface area contributed by atoms with Crippen molar-refractivity contribution in [3.05, 3.63) is 42.4 Å². The van der Waals surface area contributed by atoms with E-state index in [-0.39, 0.29) is 11.9 Å². The Bertz CT molecular complexity index is 677. The molecule has 2 aromatic rings. The molecule has 0 radical (unpaired) electrons. The van der Waals surface area contributed by atoms with Crippen molar-refractivity contribution in [2.24, 2.45) is 0 Å². The minimum atomic E-state index is -0.107. The van der Waals surface area contributed by atoms with Crippen LogP contribution in [0.1, 0.15) is 57.2 Å². The van der Waals surface area contributed by atoms with Gasteiger partial charge >= 0.3 is 0 Å². The fourth-order valence-electron chi connectivity index (χ4n) is 3.59. The number of nitrogens with zero attached hydrogens (tertiary/aromatic N) is 3. The van der Waals surface area contributed by atoms with E-state index in [9.17, 15) is 4.79 Å². The van der Waals surface area contributed by atoms with Gasteiger partial charge in [0.1, 0.15) is 11.6 Å². The number of likely N-dealkylation sites (tertiary alicyclic amines) is 1. The molecule has 0 spiro atoms. The molecule has 0 aliphatic carbocycles. The number of amides is 1. The second-order valence-electron chi connectivity index (χ2n) is 7.16. The Labute approximate surface area is 149 Å². The van der Waals surface area contributed by atoms with Crippen molar-refractivity contribution in [1.82, 2.24) is 19.8 Å². The number of nitrogens with one attached hydrogen (secondary N) is 1. The van der Waals surface area contributed by atoms with Crippen LogP contribution >= 0.6 is 0 Å². The van der Waals surface area contributed by atoms with Gasteiger partial charge in [-0.2, -0.15) is 0 Å². The molecule has 2 aromatic heterocycles. The van der Waals surface area contributed by atoms with Crippen molar-refractivity contribution in [1.29, 1.82) is 0 Å². The number of carbonyl (C=O) groups is 1. The van der Waals surface area contributed by atoms with Crippen LogP contribution in [-0.2, 0) is 11.3 Å². The lowest BCUT2D eigenvalue weighted by molar-refractivity contribution is -0.123. The fraction of sp³-hybridized carbons (Fsp3) is 0.579. The monoisotopic (exact) mass is 344 g/mol. The van der Waals surface area contributed by atoms with Crippen LogP contribution in [0.2, 0.25) is 0 Å². The average Bonchev–Trinajstić information content (AvgIpc) is 3.29. The molecule has 6 heteroatoms. The second kappa shape index (κ2) is 7.87. The van der Waals surface area contributed by atoms with Gasteiger partial charge in [0.25, 0.3) is 0 Å². The molecule has 0 saturated carbocycles. The molecule has 1 amide bonds. The summed E-state index contributed by atoms with van der Waals surface area (Å²) in [5.74, 6) is 2.35. The third kappa shape index (κ3) is 4.31. The van der Waals surface area contributed by atoms with Gasteiger partial charge in [-0.05, 0) is 38.4 Å². The zero-order valence-electron chi connectivity index (χ0n) is 15.3. The lowest BCUT2D eigenvalue weighted by atomic mass is 10.2. The van der Waals surface area contributed by atoms with Gasteiger partial charge in [0.15, 0.2) is 0 Å². The van der Waals surface area contributed by atoms with Crippen molar-refractivity contribution in [3.63, 3.8) is 0 Å². The highest BCUT2D eigenvalue weighted by atomic mass is 16.3. The summed E-state index contributed by atoms with van der Waals surface area (Å²) in [4.78, 5) is 19.2. The van der Waals surface area contributed by atoms with Crippen LogP contribution < -0.4 is 5.32 Å². The van der Waals surface area contributed by atoms with Crippen molar-refractivity contribution in [2.45, 2.75) is 58.2 Å². The van der Waals surface area contributed by atoms with Crippen LogP contribution in [-0.4, -0.2) is 39.5 Å². The van der Waals surface area contributed by atoms with Crippen LogP contribution in [0.3, 0.4) is 0 Å². The van der Waals surface area contributed by atoms with E-state index < -0.39 is 0 Å². The number of aromatic nitrogens is 2. The van der Waals surface area contributed by atoms with E-state index in [0.29, 0.717) is 18.5 Å². The van der Waals surface area contributed by atoms with Gasteiger partial charge < -0.3 is 14.3 Å². The van der Waals surface area contributed by atoms with Crippen LogP contribution in [0.25, 0.3) is 0 Å². The molecule has 136 valence electrons. The number of hydrogen-bond acceptors (Lipinski definition) is 4. The SMILES string of the molecule is CC(C)c1nccn1C[C@@H]1CCCN1CC(=O)N[C@H](C)c1ccco1. The first-order valence-electron chi connectivity index (χ1n) is 9.12. The summed E-state index contributed by atoms with van der Waals surface area (Å²) in [6.45, 7) is 8.57. The first-order valence-corrected chi connectivity index (χ1v) is 9.12. The van der Waals surface area contributed by atoms with Crippen LogP contribution in [0.15, 0.2) is 35.2 Å². The van der Waals surface area contributed by atoms with E-state index in [1.165, 1.54) is 0 Å². The second-order valence-corrected chi connectivity index (χ2v) is 7.16. The first kappa shape index (κ1) is 17.7. The first-order chi connectivity index (χ1) is 12.0. The predicted octanol–water partition coefficient (Wildman–Crippen LogP) is 2.94. The van der Waals surface area contributed by atoms with Crippen molar-refractivity contribution < 1.29 is 9.21 Å². The Kier molecular flexibility index (Phi) is 5.58. The number of hydrogen-bond donors (Lipinski definition) is 1. The molecule has 1 aliphatic rings. The van der Waals surface area contributed by atoms with E-state index in [1.54, 1.807) is 6.26 Å². The van der Waals surface area contributed by atoms with Gasteiger partial charge in [-0.3, -0.25) is 9.69 Å². The van der Waals surface area contributed by atoms with Gasteiger partial charge in [0, 0.05) is 30.9 Å². The molecule has 1 saturated heterocycles. The quantitative estimate of drug-likeness (QED) is 0.839. The molecular weight excluding hydrogens is 316 g/mol. The topological polar surface area (TPSA) is 63.3 Å². The molecule has 3 rings (SSSR count). The Morgan fingerprint density at radius 3 is 3.00 bits per heavy atom. The molecule has 6 nitrogen and oxygen atoms in total. The minimum Gasteiger partial charge on any atom is -0.467 e. The minimum absolute atomic E-state index is 0.0468. The summed E-state index contributed by atoms with van der Waals surface area (Å²) < 4.78 is 7.59. The van der Waals surface area contributed by atoms with E-state index in [1.807, 2.05) is 31.5 Å². The number of carbonyl (C=O) groups excluding carboxylic acids is 1. The maximum atomic E-state index is 12.4. The van der Waals surface area contributed by atoms with E-state index >= 15 is 0 Å². The zero-order chi connectivity index (χ0) is 17.8. The van der Waals surface area contributed by atoms with Gasteiger partial charge in [-0.15, -0.1) is 0 Å². The highest BCUT2D eigenvalue weighted by Crippen LogP contribution is 2.21. The van der Waals surface area contributed by atoms with Crippen molar-refractivity contribution in [3.8, 4) is 0 Å². The summed E-state index contributed by atoms with van der Waals surface area (Å²) in [5.41, 5.74) is 0. The van der Waals surface area contributed by atoms with E-state index in [4.69, 9.17) is 4.42 Å². The van der Waals surface area contributed by atoms with Gasteiger partial charge in [-0.1, -0.05) is 13.8 Å². The fourth-order valence-corrected chi connectivity index (χ4v) is 3.59. The number of imidazole rings is 1. The Balaban J connectivity index is 1.56. The molecule has 2 atom stereocenters. The molecule has 1 fully saturated rings. The number of rotatable bonds is 7. The summed E-state index contributed by atoms with van der Waals surface area (Å²) >= 11 is 0. The maximum absolute atomic E-state index is 12.4. The Hall–Kier alpha value is -2.08. The summed E-state index contributed by atoms with van der Waals surface area (Å²) in [6.07, 6.45) is 7.80. The van der Waals surface area contributed by atoms with Gasteiger partial charge in [0.05, 0.1) is 18.8 Å². The lowest BCUT2D eigenvalue weighted by Crippen LogP contribution is -2.42. The Morgan fingerprint density at radius 1 is 1.44 bits per heavy atom. The molecule has 0 aromatic carbocycles. The Morgan fingerprint density at radius 2 is 2.28 bits per heavy atom. The molecule has 1 N–H and O–H groups in total. The highest BCUT2D eigenvalue weighted by Gasteiger charge is 2.27. The van der Waals surface area contributed by atoms with E-state index in [0.717, 1.165) is 37.5 Å². The van der Waals surface area contributed by atoms with Crippen LogP contribution in [0.4, 0.5) is 0 Å². The largest absolute Gasteiger partial charge is 0.467 e. The standard InChI is InChI=1S/C19H28N4O2/c1-14(2)19-20-8-10-23(19)12-16-6-4-9-22(16)13-18(24)21-15(3)17-7-5-11-25-17/h5,7-8,10-11,14-16H,4,6,9,12-13H2,1-3H3,(H,21,24)/t15-,16+/m1/s1. The lowest BCUT2D eigenvalue weighted by Gasteiger charge is -2.25. The normalized spacial score (nSPS) is 19.4. The molecule has 0 bridgehead atoms. The summed E-state index contributed by atoms with van der Waals surface area (Å²) in [7, 11) is 0. The van der Waals surface area contributed by atoms with Gasteiger partial charge in [0.2, 0.25) is 5.91 Å². The summed E-state index contributed by atoms with van der Waals surface area (Å²) in [5, 5.41) is 3.02. The molecule has 1 aliphatic heterocycles. The van der Waals surface area contributed by atoms with Gasteiger partial charge in [-0.25, -0.2) is 4.98 Å². The third-order valence-corrected chi connectivity index (χ3v) is 4.86. The van der Waals surface area contributed by atoms with E-state index in [2.05, 4.69) is 33.6 Å². The zero-order valence-corrected chi connectivity index (χ0v) is 15.3. The smallest absolute Gasteiger partial charge is 0.234 e. The molecule has 3 heterocycles. The third-order valence-electron chi connectivity index (χ3n) is 4.86. The highest BCUT2D eigenvalue weighted by molar-refractivity contribution is 5.78. The summed E-state index contributed by atoms with van der Waals surface area (Å²) in [6, 6.07) is 4.00. The molecule has 25 heavy (non-hydrogen) atoms. The van der Waals surface area contributed by atoms with Crippen molar-refractivity contribution >= 4 is 5.91 Å².